The second kappa shape index (κ2) is 9.72. The molecule has 158 valence electrons. The molecule has 0 atom stereocenters. The number of hydrogen-bond donors (Lipinski definition) is 1. The zero-order valence-corrected chi connectivity index (χ0v) is 19.2. The molecule has 0 amide bonds. The number of thioether (sulfide) groups is 1. The maximum atomic E-state index is 4.76. The maximum absolute atomic E-state index is 4.76. The highest BCUT2D eigenvalue weighted by Gasteiger charge is 2.19. The van der Waals surface area contributed by atoms with Gasteiger partial charge in [-0.1, -0.05) is 55.9 Å². The minimum absolute atomic E-state index is 0.453. The molecule has 1 N–H and O–H groups in total. The fourth-order valence-corrected chi connectivity index (χ4v) is 4.64. The summed E-state index contributed by atoms with van der Waals surface area (Å²) in [5, 5.41) is 4.84. The van der Waals surface area contributed by atoms with Crippen LogP contribution in [0.5, 0.6) is 0 Å². The van der Waals surface area contributed by atoms with E-state index in [0.717, 1.165) is 48.2 Å². The molecule has 0 unspecified atom stereocenters. The van der Waals surface area contributed by atoms with Gasteiger partial charge >= 0.3 is 0 Å². The van der Waals surface area contributed by atoms with Crippen molar-refractivity contribution >= 4 is 40.1 Å². The number of rotatable bonds is 7. The van der Waals surface area contributed by atoms with Gasteiger partial charge in [-0.05, 0) is 18.5 Å². The molecule has 0 spiro atoms. The summed E-state index contributed by atoms with van der Waals surface area (Å²) in [4.78, 5) is 24.4. The Labute approximate surface area is 186 Å². The van der Waals surface area contributed by atoms with Crippen molar-refractivity contribution in [2.45, 2.75) is 30.7 Å². The van der Waals surface area contributed by atoms with Crippen LogP contribution in [0.4, 0.5) is 17.0 Å². The molecule has 1 aliphatic heterocycles. The predicted molar refractivity (Wildman–Crippen MR) is 125 cm³/mol. The van der Waals surface area contributed by atoms with Crippen LogP contribution in [0.1, 0.15) is 30.2 Å². The SMILES string of the molecule is CC(C)c1cnc(Nc2nc(SCc3ccccc3)nc(N3CCN(C)CC3)n2)s1. The summed E-state index contributed by atoms with van der Waals surface area (Å²) in [7, 11) is 2.15. The summed E-state index contributed by atoms with van der Waals surface area (Å²) in [6.07, 6.45) is 1.92. The monoisotopic (exact) mass is 441 g/mol. The first-order valence-electron chi connectivity index (χ1n) is 10.2. The normalized spacial score (nSPS) is 15.0. The standard InChI is InChI=1S/C21H27N7S2/c1-15(2)17-13-22-20(30-17)24-18-23-19(28-11-9-27(3)10-12-28)26-21(25-18)29-14-16-7-5-4-6-8-16/h4-8,13,15H,9-12,14H2,1-3H3,(H,22,23,24,25,26). The van der Waals surface area contributed by atoms with Crippen LogP contribution in [-0.2, 0) is 5.75 Å². The summed E-state index contributed by atoms with van der Waals surface area (Å²) in [6.45, 7) is 8.18. The van der Waals surface area contributed by atoms with Crippen LogP contribution in [0.15, 0.2) is 41.7 Å². The first kappa shape index (κ1) is 21.0. The number of benzene rings is 1. The summed E-state index contributed by atoms with van der Waals surface area (Å²) >= 11 is 3.27. The average molecular weight is 442 g/mol. The zero-order chi connectivity index (χ0) is 20.9. The van der Waals surface area contributed by atoms with Crippen LogP contribution in [0.3, 0.4) is 0 Å². The highest BCUT2D eigenvalue weighted by Crippen LogP contribution is 2.28. The Hall–Kier alpha value is -2.23. The van der Waals surface area contributed by atoms with E-state index in [1.807, 2.05) is 12.3 Å². The number of thiazole rings is 1. The lowest BCUT2D eigenvalue weighted by Crippen LogP contribution is -2.45. The Morgan fingerprint density at radius 3 is 2.53 bits per heavy atom. The predicted octanol–water partition coefficient (Wildman–Crippen LogP) is 4.24. The van der Waals surface area contributed by atoms with Gasteiger partial charge in [0.25, 0.3) is 0 Å². The van der Waals surface area contributed by atoms with Crippen LogP contribution < -0.4 is 10.2 Å². The fraction of sp³-hybridized carbons (Fsp3) is 0.429. The summed E-state index contributed by atoms with van der Waals surface area (Å²) < 4.78 is 0. The second-order valence-electron chi connectivity index (χ2n) is 7.65. The first-order chi connectivity index (χ1) is 14.6. The van der Waals surface area contributed by atoms with Crippen LogP contribution in [0.25, 0.3) is 0 Å². The minimum atomic E-state index is 0.453. The van der Waals surface area contributed by atoms with Crippen molar-refractivity contribution in [3.8, 4) is 0 Å². The number of nitrogens with one attached hydrogen (secondary N) is 1. The summed E-state index contributed by atoms with van der Waals surface area (Å²) in [5.41, 5.74) is 1.25. The molecular weight excluding hydrogens is 414 g/mol. The molecule has 0 bridgehead atoms. The van der Waals surface area contributed by atoms with Crippen LogP contribution >= 0.6 is 23.1 Å². The van der Waals surface area contributed by atoms with Gasteiger partial charge in [0.15, 0.2) is 10.3 Å². The summed E-state index contributed by atoms with van der Waals surface area (Å²) in [5.74, 6) is 2.56. The highest BCUT2D eigenvalue weighted by molar-refractivity contribution is 7.98. The van der Waals surface area contributed by atoms with Crippen LogP contribution in [0.2, 0.25) is 0 Å². The van der Waals surface area contributed by atoms with E-state index in [1.165, 1.54) is 10.4 Å². The Morgan fingerprint density at radius 1 is 1.07 bits per heavy atom. The first-order valence-corrected chi connectivity index (χ1v) is 12.0. The second-order valence-corrected chi connectivity index (χ2v) is 9.66. The van der Waals surface area contributed by atoms with Gasteiger partial charge in [-0.25, -0.2) is 4.98 Å². The van der Waals surface area contributed by atoms with Crippen LogP contribution in [0, 0.1) is 0 Å². The lowest BCUT2D eigenvalue weighted by molar-refractivity contribution is 0.311. The molecule has 30 heavy (non-hydrogen) atoms. The van der Waals surface area contributed by atoms with Crippen molar-refractivity contribution < 1.29 is 0 Å². The molecule has 1 fully saturated rings. The van der Waals surface area contributed by atoms with Crippen molar-refractivity contribution in [3.63, 3.8) is 0 Å². The number of anilines is 3. The van der Waals surface area contributed by atoms with E-state index < -0.39 is 0 Å². The summed E-state index contributed by atoms with van der Waals surface area (Å²) in [6, 6.07) is 10.4. The van der Waals surface area contributed by atoms with E-state index in [1.54, 1.807) is 23.1 Å². The molecule has 0 saturated carbocycles. The fourth-order valence-electron chi connectivity index (χ4n) is 3.04. The Bertz CT molecular complexity index is 953. The van der Waals surface area contributed by atoms with Gasteiger partial charge in [0, 0.05) is 43.0 Å². The van der Waals surface area contributed by atoms with Gasteiger partial charge < -0.3 is 9.80 Å². The third-order valence-electron chi connectivity index (χ3n) is 4.91. The number of hydrogen-bond acceptors (Lipinski definition) is 9. The van der Waals surface area contributed by atoms with E-state index in [2.05, 4.69) is 70.2 Å². The smallest absolute Gasteiger partial charge is 0.234 e. The molecule has 1 aromatic carbocycles. The van der Waals surface area contributed by atoms with E-state index in [-0.39, 0.29) is 0 Å². The molecule has 2 aromatic heterocycles. The van der Waals surface area contributed by atoms with Gasteiger partial charge in [0.1, 0.15) is 0 Å². The molecule has 1 saturated heterocycles. The Balaban J connectivity index is 1.56. The van der Waals surface area contributed by atoms with E-state index in [0.29, 0.717) is 11.9 Å². The number of nitrogens with zero attached hydrogens (tertiary/aromatic N) is 6. The lowest BCUT2D eigenvalue weighted by atomic mass is 10.2. The van der Waals surface area contributed by atoms with E-state index in [4.69, 9.17) is 9.97 Å². The molecular formula is C21H27N7S2. The quantitative estimate of drug-likeness (QED) is 0.546. The Kier molecular flexibility index (Phi) is 6.81. The van der Waals surface area contributed by atoms with E-state index >= 15 is 0 Å². The van der Waals surface area contributed by atoms with Gasteiger partial charge in [-0.3, -0.25) is 5.32 Å². The third kappa shape index (κ3) is 5.47. The van der Waals surface area contributed by atoms with Crippen molar-refractivity contribution in [1.29, 1.82) is 0 Å². The number of piperazine rings is 1. The maximum Gasteiger partial charge on any atom is 0.234 e. The Morgan fingerprint density at radius 2 is 1.83 bits per heavy atom. The van der Waals surface area contributed by atoms with E-state index in [9.17, 15) is 0 Å². The van der Waals surface area contributed by atoms with Crippen LogP contribution in [-0.4, -0.2) is 58.1 Å². The van der Waals surface area contributed by atoms with Gasteiger partial charge in [0.2, 0.25) is 11.9 Å². The number of aromatic nitrogens is 4. The van der Waals surface area contributed by atoms with Crippen molar-refractivity contribution in [2.24, 2.45) is 0 Å². The topological polar surface area (TPSA) is 70.1 Å². The van der Waals surface area contributed by atoms with Gasteiger partial charge in [-0.2, -0.15) is 15.0 Å². The molecule has 0 radical (unpaired) electrons. The van der Waals surface area contributed by atoms with Gasteiger partial charge in [-0.15, -0.1) is 11.3 Å². The molecule has 3 aromatic rings. The molecule has 4 rings (SSSR count). The number of likely N-dealkylation sites (N-methyl/N-ethyl adjacent to an activating group) is 1. The van der Waals surface area contributed by atoms with Crippen molar-refractivity contribution in [2.75, 3.05) is 43.4 Å². The molecule has 3 heterocycles. The highest BCUT2D eigenvalue weighted by atomic mass is 32.2. The molecule has 9 heteroatoms. The lowest BCUT2D eigenvalue weighted by Gasteiger charge is -2.32. The largest absolute Gasteiger partial charge is 0.338 e. The molecule has 1 aliphatic rings. The van der Waals surface area contributed by atoms with Gasteiger partial charge in [0.05, 0.1) is 0 Å². The minimum Gasteiger partial charge on any atom is -0.338 e. The average Bonchev–Trinajstić information content (AvgIpc) is 3.22. The van der Waals surface area contributed by atoms with Crippen molar-refractivity contribution in [3.05, 3.63) is 47.0 Å². The third-order valence-corrected chi connectivity index (χ3v) is 7.04. The zero-order valence-electron chi connectivity index (χ0n) is 17.6. The molecule has 0 aliphatic carbocycles. The van der Waals surface area contributed by atoms with Crippen molar-refractivity contribution in [1.82, 2.24) is 24.8 Å². The molecule has 7 nitrogen and oxygen atoms in total.